The molecule has 0 aliphatic carbocycles. The van der Waals surface area contributed by atoms with E-state index >= 15 is 0 Å². The summed E-state index contributed by atoms with van der Waals surface area (Å²) in [6.07, 6.45) is 1.11. The largest absolute Gasteiger partial charge is 0.485 e. The topological polar surface area (TPSA) is 21.3 Å². The van der Waals surface area contributed by atoms with Crippen LogP contribution in [0.15, 0.2) is 54.6 Å². The molecule has 2 aromatic rings. The van der Waals surface area contributed by atoms with E-state index in [1.54, 1.807) is 0 Å². The number of rotatable bonds is 2. The van der Waals surface area contributed by atoms with Gasteiger partial charge in [0.05, 0.1) is 0 Å². The zero-order valence-corrected chi connectivity index (χ0v) is 10.5. The van der Waals surface area contributed by atoms with E-state index in [1.165, 1.54) is 11.1 Å². The molecule has 1 aliphatic rings. The molecular weight excluding hydrogens is 222 g/mol. The first-order chi connectivity index (χ1) is 8.88. The van der Waals surface area contributed by atoms with E-state index in [9.17, 15) is 0 Å². The van der Waals surface area contributed by atoms with Crippen LogP contribution < -0.4 is 10.1 Å². The van der Waals surface area contributed by atoms with Crippen molar-refractivity contribution in [2.24, 2.45) is 0 Å². The molecular formula is C16H17NO. The third kappa shape index (κ3) is 2.00. The van der Waals surface area contributed by atoms with Crippen molar-refractivity contribution in [1.29, 1.82) is 0 Å². The molecule has 0 bridgehead atoms. The van der Waals surface area contributed by atoms with Gasteiger partial charge in [0, 0.05) is 18.0 Å². The predicted molar refractivity (Wildman–Crippen MR) is 72.7 cm³/mol. The van der Waals surface area contributed by atoms with Gasteiger partial charge < -0.3 is 10.1 Å². The minimum atomic E-state index is 0.138. The molecule has 2 unspecified atom stereocenters. The van der Waals surface area contributed by atoms with Gasteiger partial charge in [0.15, 0.2) is 0 Å². The Balaban J connectivity index is 1.95. The van der Waals surface area contributed by atoms with Gasteiger partial charge in [-0.3, -0.25) is 0 Å². The van der Waals surface area contributed by atoms with Crippen LogP contribution in [-0.2, 0) is 0 Å². The van der Waals surface area contributed by atoms with Gasteiger partial charge in [0.1, 0.15) is 11.9 Å². The molecule has 92 valence electrons. The van der Waals surface area contributed by atoms with Crippen LogP contribution in [0.1, 0.15) is 29.7 Å². The Morgan fingerprint density at radius 3 is 2.50 bits per heavy atom. The van der Waals surface area contributed by atoms with E-state index < -0.39 is 0 Å². The summed E-state index contributed by atoms with van der Waals surface area (Å²) < 4.78 is 6.11. The summed E-state index contributed by atoms with van der Waals surface area (Å²) in [7, 11) is 2.01. The molecule has 0 fully saturated rings. The summed E-state index contributed by atoms with van der Waals surface area (Å²) in [5, 5.41) is 3.38. The molecule has 0 amide bonds. The molecule has 3 rings (SSSR count). The van der Waals surface area contributed by atoms with Crippen LogP contribution in [-0.4, -0.2) is 7.05 Å². The highest BCUT2D eigenvalue weighted by atomic mass is 16.5. The predicted octanol–water partition coefficient (Wildman–Crippen LogP) is 3.47. The van der Waals surface area contributed by atoms with Crippen LogP contribution in [0.25, 0.3) is 0 Å². The number of hydrogen-bond acceptors (Lipinski definition) is 2. The van der Waals surface area contributed by atoms with Crippen molar-refractivity contribution in [3.63, 3.8) is 0 Å². The van der Waals surface area contributed by atoms with E-state index in [0.29, 0.717) is 6.04 Å². The highest BCUT2D eigenvalue weighted by molar-refractivity contribution is 5.39. The Bertz CT molecular complexity index is 524. The summed E-state index contributed by atoms with van der Waals surface area (Å²) in [5.74, 6) is 0.997. The summed E-state index contributed by atoms with van der Waals surface area (Å²) in [6.45, 7) is 0. The maximum atomic E-state index is 6.11. The molecule has 18 heavy (non-hydrogen) atoms. The quantitative estimate of drug-likeness (QED) is 0.866. The van der Waals surface area contributed by atoms with Crippen molar-refractivity contribution in [3.05, 3.63) is 65.7 Å². The normalized spacial score (nSPS) is 22.1. The summed E-state index contributed by atoms with van der Waals surface area (Å²) in [4.78, 5) is 0. The summed E-state index contributed by atoms with van der Waals surface area (Å²) >= 11 is 0. The van der Waals surface area contributed by atoms with Crippen molar-refractivity contribution in [2.75, 3.05) is 7.05 Å². The average Bonchev–Trinajstić information content (AvgIpc) is 2.47. The lowest BCUT2D eigenvalue weighted by Gasteiger charge is -2.32. The zero-order chi connectivity index (χ0) is 12.4. The maximum Gasteiger partial charge on any atom is 0.126 e. The van der Waals surface area contributed by atoms with Crippen LogP contribution in [0.2, 0.25) is 0 Å². The molecule has 0 radical (unpaired) electrons. The first kappa shape index (κ1) is 11.3. The Hall–Kier alpha value is -1.80. The lowest BCUT2D eigenvalue weighted by molar-refractivity contribution is 0.154. The van der Waals surface area contributed by atoms with Gasteiger partial charge in [-0.1, -0.05) is 48.5 Å². The standard InChI is InChI=1S/C16H17NO/c1-17-14-11-16(12-7-3-2-4-8-12)18-15-10-6-5-9-13(14)15/h2-10,14,16-17H,11H2,1H3. The Morgan fingerprint density at radius 1 is 1.00 bits per heavy atom. The monoisotopic (exact) mass is 239 g/mol. The fraction of sp³-hybridized carbons (Fsp3) is 0.250. The molecule has 2 atom stereocenters. The van der Waals surface area contributed by atoms with Crippen molar-refractivity contribution in [2.45, 2.75) is 18.6 Å². The Labute approximate surface area is 108 Å². The van der Waals surface area contributed by atoms with Gasteiger partial charge >= 0.3 is 0 Å². The smallest absolute Gasteiger partial charge is 0.126 e. The Kier molecular flexibility index (Phi) is 3.03. The Morgan fingerprint density at radius 2 is 1.72 bits per heavy atom. The molecule has 1 heterocycles. The molecule has 2 heteroatoms. The third-order valence-electron chi connectivity index (χ3n) is 3.53. The summed E-state index contributed by atoms with van der Waals surface area (Å²) in [6, 6.07) is 19.1. The van der Waals surface area contributed by atoms with E-state index in [0.717, 1.165) is 12.2 Å². The van der Waals surface area contributed by atoms with Crippen LogP contribution in [0.3, 0.4) is 0 Å². The second-order valence-electron chi connectivity index (χ2n) is 4.63. The zero-order valence-electron chi connectivity index (χ0n) is 10.5. The van der Waals surface area contributed by atoms with E-state index in [4.69, 9.17) is 4.74 Å². The highest BCUT2D eigenvalue weighted by Crippen LogP contribution is 2.40. The molecule has 2 nitrogen and oxygen atoms in total. The highest BCUT2D eigenvalue weighted by Gasteiger charge is 2.27. The van der Waals surface area contributed by atoms with E-state index in [2.05, 4.69) is 47.8 Å². The van der Waals surface area contributed by atoms with Crippen LogP contribution >= 0.6 is 0 Å². The van der Waals surface area contributed by atoms with Crippen molar-refractivity contribution in [3.8, 4) is 5.75 Å². The number of ether oxygens (including phenoxy) is 1. The van der Waals surface area contributed by atoms with E-state index in [1.807, 2.05) is 19.2 Å². The van der Waals surface area contributed by atoms with Crippen molar-refractivity contribution >= 4 is 0 Å². The number of benzene rings is 2. The SMILES string of the molecule is CNC1CC(c2ccccc2)Oc2ccccc21. The van der Waals surface area contributed by atoms with Gasteiger partial charge in [-0.05, 0) is 18.7 Å². The first-order valence-corrected chi connectivity index (χ1v) is 6.36. The van der Waals surface area contributed by atoms with Crippen molar-refractivity contribution < 1.29 is 4.74 Å². The van der Waals surface area contributed by atoms with Crippen LogP contribution in [0, 0.1) is 0 Å². The summed E-state index contributed by atoms with van der Waals surface area (Å²) in [5.41, 5.74) is 2.50. The molecule has 1 aliphatic heterocycles. The van der Waals surface area contributed by atoms with Crippen LogP contribution in [0.4, 0.5) is 0 Å². The molecule has 0 saturated carbocycles. The van der Waals surface area contributed by atoms with E-state index in [-0.39, 0.29) is 6.10 Å². The van der Waals surface area contributed by atoms with Crippen molar-refractivity contribution in [1.82, 2.24) is 5.32 Å². The number of nitrogens with one attached hydrogen (secondary N) is 1. The fourth-order valence-corrected chi connectivity index (χ4v) is 2.56. The molecule has 2 aromatic carbocycles. The average molecular weight is 239 g/mol. The lowest BCUT2D eigenvalue weighted by Crippen LogP contribution is -2.26. The van der Waals surface area contributed by atoms with Gasteiger partial charge in [-0.25, -0.2) is 0 Å². The lowest BCUT2D eigenvalue weighted by atomic mass is 9.93. The second kappa shape index (κ2) is 4.83. The van der Waals surface area contributed by atoms with Gasteiger partial charge in [-0.15, -0.1) is 0 Å². The van der Waals surface area contributed by atoms with Gasteiger partial charge in [-0.2, -0.15) is 0 Å². The third-order valence-corrected chi connectivity index (χ3v) is 3.53. The molecule has 0 spiro atoms. The minimum absolute atomic E-state index is 0.138. The number of hydrogen-bond donors (Lipinski definition) is 1. The second-order valence-corrected chi connectivity index (χ2v) is 4.63. The van der Waals surface area contributed by atoms with Gasteiger partial charge in [0.25, 0.3) is 0 Å². The number of para-hydroxylation sites is 1. The maximum absolute atomic E-state index is 6.11. The molecule has 1 N–H and O–H groups in total. The van der Waals surface area contributed by atoms with Crippen LogP contribution in [0.5, 0.6) is 5.75 Å². The molecule has 0 saturated heterocycles. The number of fused-ring (bicyclic) bond motifs is 1. The van der Waals surface area contributed by atoms with Gasteiger partial charge in [0.2, 0.25) is 0 Å². The fourth-order valence-electron chi connectivity index (χ4n) is 2.56. The first-order valence-electron chi connectivity index (χ1n) is 6.36. The molecule has 0 aromatic heterocycles. The minimum Gasteiger partial charge on any atom is -0.485 e.